The van der Waals surface area contributed by atoms with Crippen molar-refractivity contribution in [1.82, 2.24) is 0 Å². The highest BCUT2D eigenvalue weighted by molar-refractivity contribution is 6.63. The van der Waals surface area contributed by atoms with Gasteiger partial charge in [0.15, 0.2) is 0 Å². The van der Waals surface area contributed by atoms with Gasteiger partial charge in [-0.3, -0.25) is 4.79 Å². The van der Waals surface area contributed by atoms with Crippen LogP contribution in [0.3, 0.4) is 0 Å². The number of carbonyl (C=O) groups is 1. The second-order valence-corrected chi connectivity index (χ2v) is 1.45. The quantitative estimate of drug-likeness (QED) is 0.553. The molecule has 0 aromatic heterocycles. The Labute approximate surface area is 54.5 Å². The number of halogens is 1. The lowest BCUT2D eigenvalue weighted by Gasteiger charge is -1.68. The van der Waals surface area contributed by atoms with E-state index in [1.54, 1.807) is 13.8 Å². The molecular weight excluding hydrogens is 128 g/mol. The molecule has 8 heavy (non-hydrogen) atoms. The number of carbonyl (C=O) groups excluding carboxylic acids is 1. The van der Waals surface area contributed by atoms with E-state index in [-0.39, 0.29) is 11.8 Å². The van der Waals surface area contributed by atoms with Crippen molar-refractivity contribution >= 4 is 16.8 Å². The van der Waals surface area contributed by atoms with Crippen molar-refractivity contribution < 1.29 is 9.90 Å². The van der Waals surface area contributed by atoms with Crippen LogP contribution in [0.5, 0.6) is 0 Å². The standard InChI is InChI=1S/C3H5ClO.C2H6O/c1-2-3(4)5;1-2-3/h2H2,1H3;3H,2H2,1H3. The largest absolute Gasteiger partial charge is 0.397 e. The fraction of sp³-hybridized carbons (Fsp3) is 0.800. The van der Waals surface area contributed by atoms with Crippen LogP contribution in [0.25, 0.3) is 0 Å². The van der Waals surface area contributed by atoms with Crippen molar-refractivity contribution in [3.8, 4) is 0 Å². The Morgan fingerprint density at radius 1 is 1.62 bits per heavy atom. The van der Waals surface area contributed by atoms with Crippen LogP contribution in [0.4, 0.5) is 0 Å². The Bertz CT molecular complexity index is 54.4. The molecule has 0 rings (SSSR count). The molecule has 0 atom stereocenters. The van der Waals surface area contributed by atoms with E-state index in [0.717, 1.165) is 0 Å². The zero-order chi connectivity index (χ0) is 6.99. The summed E-state index contributed by atoms with van der Waals surface area (Å²) in [5.41, 5.74) is 0. The van der Waals surface area contributed by atoms with Crippen molar-refractivity contribution in [2.24, 2.45) is 0 Å². The molecule has 0 aliphatic rings. The summed E-state index contributed by atoms with van der Waals surface area (Å²) in [6.07, 6.45) is 0.432. The smallest absolute Gasteiger partial charge is 0.221 e. The molecule has 0 radical (unpaired) electrons. The predicted molar refractivity (Wildman–Crippen MR) is 33.9 cm³/mol. The number of rotatable bonds is 1. The summed E-state index contributed by atoms with van der Waals surface area (Å²) in [5, 5.41) is 7.30. The summed E-state index contributed by atoms with van der Waals surface area (Å²) in [7, 11) is 0. The summed E-state index contributed by atoms with van der Waals surface area (Å²) < 4.78 is 0. The molecular formula is C5H11ClO2. The topological polar surface area (TPSA) is 37.3 Å². The maximum atomic E-state index is 9.58. The first kappa shape index (κ1) is 10.8. The molecule has 0 aliphatic carbocycles. The fourth-order valence-electron chi connectivity index (χ4n) is 0. The first-order valence-corrected chi connectivity index (χ1v) is 2.86. The Hall–Kier alpha value is -0.0800. The summed E-state index contributed by atoms with van der Waals surface area (Å²) in [5.74, 6) is 0. The van der Waals surface area contributed by atoms with E-state index in [2.05, 4.69) is 0 Å². The second-order valence-electron chi connectivity index (χ2n) is 1.02. The number of aliphatic hydroxyl groups is 1. The van der Waals surface area contributed by atoms with Crippen LogP contribution in [0.1, 0.15) is 20.3 Å². The molecule has 0 saturated heterocycles. The molecule has 0 bridgehead atoms. The molecule has 0 amide bonds. The maximum Gasteiger partial charge on any atom is 0.221 e. The molecule has 0 aromatic rings. The van der Waals surface area contributed by atoms with Gasteiger partial charge in [-0.2, -0.15) is 0 Å². The van der Waals surface area contributed by atoms with Crippen LogP contribution in [-0.4, -0.2) is 17.0 Å². The van der Waals surface area contributed by atoms with E-state index in [1.807, 2.05) is 0 Å². The first-order valence-electron chi connectivity index (χ1n) is 2.48. The summed E-state index contributed by atoms with van der Waals surface area (Å²) in [6.45, 7) is 3.65. The maximum absolute atomic E-state index is 9.58. The van der Waals surface area contributed by atoms with Crippen LogP contribution in [0.2, 0.25) is 0 Å². The van der Waals surface area contributed by atoms with E-state index in [9.17, 15) is 4.79 Å². The average molecular weight is 139 g/mol. The van der Waals surface area contributed by atoms with Crippen molar-refractivity contribution in [3.63, 3.8) is 0 Å². The third-order valence-corrected chi connectivity index (χ3v) is 0.545. The van der Waals surface area contributed by atoms with Gasteiger partial charge in [-0.1, -0.05) is 6.92 Å². The Morgan fingerprint density at radius 2 is 1.75 bits per heavy atom. The van der Waals surface area contributed by atoms with Crippen LogP contribution in [-0.2, 0) is 4.79 Å². The molecule has 0 spiro atoms. The van der Waals surface area contributed by atoms with Crippen LogP contribution in [0, 0.1) is 0 Å². The monoisotopic (exact) mass is 138 g/mol. The van der Waals surface area contributed by atoms with Gasteiger partial charge in [-0.15, -0.1) is 0 Å². The third kappa shape index (κ3) is 38.9. The van der Waals surface area contributed by atoms with E-state index >= 15 is 0 Å². The van der Waals surface area contributed by atoms with Gasteiger partial charge in [-0.25, -0.2) is 0 Å². The van der Waals surface area contributed by atoms with Gasteiger partial charge in [0.25, 0.3) is 0 Å². The van der Waals surface area contributed by atoms with Crippen LogP contribution < -0.4 is 0 Å². The molecule has 0 aromatic carbocycles. The van der Waals surface area contributed by atoms with Gasteiger partial charge in [0, 0.05) is 13.0 Å². The second kappa shape index (κ2) is 10.0. The van der Waals surface area contributed by atoms with Gasteiger partial charge >= 0.3 is 0 Å². The fourth-order valence-corrected chi connectivity index (χ4v) is 0. The minimum Gasteiger partial charge on any atom is -0.397 e. The highest BCUT2D eigenvalue weighted by Gasteiger charge is 1.81. The minimum absolute atomic E-state index is 0.250. The van der Waals surface area contributed by atoms with Crippen molar-refractivity contribution in [2.75, 3.05) is 6.61 Å². The molecule has 3 heteroatoms. The highest BCUT2D eigenvalue weighted by atomic mass is 35.5. The molecule has 0 unspecified atom stereocenters. The Kier molecular flexibility index (Phi) is 13.6. The van der Waals surface area contributed by atoms with Gasteiger partial charge in [0.2, 0.25) is 5.24 Å². The van der Waals surface area contributed by atoms with Gasteiger partial charge < -0.3 is 5.11 Å². The lowest BCUT2D eigenvalue weighted by molar-refractivity contribution is -0.111. The van der Waals surface area contributed by atoms with Crippen molar-refractivity contribution in [3.05, 3.63) is 0 Å². The molecule has 0 heterocycles. The van der Waals surface area contributed by atoms with Gasteiger partial charge in [0.1, 0.15) is 0 Å². The number of hydrogen-bond acceptors (Lipinski definition) is 2. The van der Waals surface area contributed by atoms with Crippen LogP contribution in [0.15, 0.2) is 0 Å². The highest BCUT2D eigenvalue weighted by Crippen LogP contribution is 1.81. The zero-order valence-electron chi connectivity index (χ0n) is 5.15. The Morgan fingerprint density at radius 3 is 1.75 bits per heavy atom. The molecule has 0 saturated carbocycles. The lowest BCUT2D eigenvalue weighted by Crippen LogP contribution is -1.74. The normalized spacial score (nSPS) is 7.00. The Balaban J connectivity index is 0. The molecule has 50 valence electrons. The van der Waals surface area contributed by atoms with Crippen molar-refractivity contribution in [2.45, 2.75) is 20.3 Å². The number of hydrogen-bond donors (Lipinski definition) is 1. The van der Waals surface area contributed by atoms with E-state index < -0.39 is 0 Å². The van der Waals surface area contributed by atoms with Gasteiger partial charge in [0.05, 0.1) is 0 Å². The predicted octanol–water partition coefficient (Wildman–Crippen LogP) is 1.16. The van der Waals surface area contributed by atoms with E-state index in [1.165, 1.54) is 0 Å². The van der Waals surface area contributed by atoms with E-state index in [0.29, 0.717) is 6.42 Å². The van der Waals surface area contributed by atoms with Gasteiger partial charge in [-0.05, 0) is 18.5 Å². The molecule has 0 fully saturated rings. The summed E-state index contributed by atoms with van der Waals surface area (Å²) in [6, 6.07) is 0. The SMILES string of the molecule is CCC(=O)Cl.CCO. The summed E-state index contributed by atoms with van der Waals surface area (Å²) in [4.78, 5) is 9.58. The molecule has 1 N–H and O–H groups in total. The number of aliphatic hydroxyl groups excluding tert-OH is 1. The third-order valence-electron chi connectivity index (χ3n) is 0.278. The van der Waals surface area contributed by atoms with E-state index in [4.69, 9.17) is 16.7 Å². The van der Waals surface area contributed by atoms with Crippen LogP contribution >= 0.6 is 11.6 Å². The first-order chi connectivity index (χ1) is 3.68. The minimum atomic E-state index is -0.273. The lowest BCUT2D eigenvalue weighted by atomic mass is 10.6. The average Bonchev–Trinajstić information content (AvgIpc) is 1.69. The van der Waals surface area contributed by atoms with Crippen molar-refractivity contribution in [1.29, 1.82) is 0 Å². The molecule has 0 aliphatic heterocycles. The summed E-state index contributed by atoms with van der Waals surface area (Å²) >= 11 is 4.82. The molecule has 2 nitrogen and oxygen atoms in total. The zero-order valence-corrected chi connectivity index (χ0v) is 5.90.